The molecule has 5 rings (SSSR count). The molecule has 166 valence electrons. The summed E-state index contributed by atoms with van der Waals surface area (Å²) in [6.45, 7) is 3.49. The molecule has 0 aliphatic rings. The number of hydrogen-bond donors (Lipinski definition) is 0. The van der Waals surface area contributed by atoms with Crippen molar-refractivity contribution >= 4 is 37.6 Å². The number of para-hydroxylation sites is 1. The van der Waals surface area contributed by atoms with Gasteiger partial charge in [-0.05, 0) is 25.1 Å². The van der Waals surface area contributed by atoms with E-state index >= 15 is 0 Å². The van der Waals surface area contributed by atoms with Gasteiger partial charge in [-0.15, -0.1) is 0 Å². The zero-order valence-electron chi connectivity index (χ0n) is 18.4. The summed E-state index contributed by atoms with van der Waals surface area (Å²) < 4.78 is 35.6. The van der Waals surface area contributed by atoms with E-state index in [2.05, 4.69) is 0 Å². The maximum Gasteiger partial charge on any atom is 0.268 e. The van der Waals surface area contributed by atoms with Gasteiger partial charge < -0.3 is 9.21 Å². The topological polar surface area (TPSA) is 69.3 Å². The van der Waals surface area contributed by atoms with Gasteiger partial charge in [0.05, 0.1) is 15.8 Å². The Morgan fingerprint density at radius 1 is 0.909 bits per heavy atom. The molecule has 5 nitrogen and oxygen atoms in total. The average molecular weight is 458 g/mol. The Morgan fingerprint density at radius 3 is 2.18 bits per heavy atom. The number of rotatable bonds is 6. The lowest BCUT2D eigenvalue weighted by molar-refractivity contribution is -0.117. The fraction of sp³-hybridized carbons (Fsp3) is 0.148. The fourth-order valence-corrected chi connectivity index (χ4v) is 6.02. The standard InChI is InChI=1S/C27H23NO4S/c1-18(17-19(2)29)26-24-22-15-9-10-16-23(22)28(33(30,31)21-13-7-4-8-14-21)25(24)27(32-26)20-11-5-3-6-12-20/h3-16,18H,17H2,1-2H3. The summed E-state index contributed by atoms with van der Waals surface area (Å²) in [5, 5.41) is 1.51. The SMILES string of the molecule is CC(=O)CC(C)c1oc(-c2ccccc2)c2c1c1ccccc1n2S(=O)(=O)c1ccccc1. The molecule has 2 aromatic heterocycles. The lowest BCUT2D eigenvalue weighted by Gasteiger charge is -2.10. The van der Waals surface area contributed by atoms with Crippen LogP contribution in [0.5, 0.6) is 0 Å². The Labute approximate surface area is 192 Å². The van der Waals surface area contributed by atoms with Crippen LogP contribution < -0.4 is 0 Å². The Kier molecular flexibility index (Phi) is 5.17. The van der Waals surface area contributed by atoms with Crippen molar-refractivity contribution in [1.29, 1.82) is 0 Å². The van der Waals surface area contributed by atoms with Crippen LogP contribution in [-0.2, 0) is 14.8 Å². The number of Topliss-reactive ketones (excluding diaryl/α,β-unsaturated/α-hetero) is 1. The van der Waals surface area contributed by atoms with E-state index < -0.39 is 10.0 Å². The van der Waals surface area contributed by atoms with Crippen molar-refractivity contribution < 1.29 is 17.6 Å². The molecule has 2 heterocycles. The van der Waals surface area contributed by atoms with Crippen LogP contribution in [0.2, 0.25) is 0 Å². The molecule has 0 aliphatic heterocycles. The third-order valence-corrected chi connectivity index (χ3v) is 7.59. The van der Waals surface area contributed by atoms with Crippen LogP contribution in [0.1, 0.15) is 31.9 Å². The molecule has 33 heavy (non-hydrogen) atoms. The average Bonchev–Trinajstić information content (AvgIpc) is 3.36. The van der Waals surface area contributed by atoms with Gasteiger partial charge in [0.25, 0.3) is 10.0 Å². The van der Waals surface area contributed by atoms with E-state index in [9.17, 15) is 13.2 Å². The number of carbonyl (C=O) groups is 1. The second kappa shape index (κ2) is 8.05. The summed E-state index contributed by atoms with van der Waals surface area (Å²) in [7, 11) is -3.93. The number of hydrogen-bond acceptors (Lipinski definition) is 4. The predicted molar refractivity (Wildman–Crippen MR) is 130 cm³/mol. The minimum Gasteiger partial charge on any atom is -0.458 e. The molecule has 0 saturated heterocycles. The van der Waals surface area contributed by atoms with Gasteiger partial charge in [-0.2, -0.15) is 0 Å². The smallest absolute Gasteiger partial charge is 0.268 e. The summed E-state index contributed by atoms with van der Waals surface area (Å²) in [5.41, 5.74) is 1.85. The molecular formula is C27H23NO4S. The van der Waals surface area contributed by atoms with Crippen LogP contribution >= 0.6 is 0 Å². The van der Waals surface area contributed by atoms with E-state index in [4.69, 9.17) is 4.42 Å². The molecule has 0 amide bonds. The first kappa shape index (κ1) is 21.2. The zero-order valence-corrected chi connectivity index (χ0v) is 19.2. The quantitative estimate of drug-likeness (QED) is 0.297. The van der Waals surface area contributed by atoms with Crippen LogP contribution in [0.25, 0.3) is 33.1 Å². The molecular weight excluding hydrogens is 434 g/mol. The Bertz CT molecular complexity index is 1580. The highest BCUT2D eigenvalue weighted by molar-refractivity contribution is 7.90. The van der Waals surface area contributed by atoms with Crippen molar-refractivity contribution in [3.8, 4) is 11.3 Å². The summed E-state index contributed by atoms with van der Waals surface area (Å²) in [5.74, 6) is 0.944. The molecule has 3 aromatic carbocycles. The molecule has 5 aromatic rings. The summed E-state index contributed by atoms with van der Waals surface area (Å²) in [6, 6.07) is 25.3. The summed E-state index contributed by atoms with van der Waals surface area (Å²) in [6.07, 6.45) is 0.307. The molecule has 1 atom stereocenters. The predicted octanol–water partition coefficient (Wildman–Crippen LogP) is 6.37. The Balaban J connectivity index is 1.95. The molecule has 0 fully saturated rings. The van der Waals surface area contributed by atoms with Gasteiger partial charge in [0, 0.05) is 23.3 Å². The number of aromatic nitrogens is 1. The lowest BCUT2D eigenvalue weighted by Crippen LogP contribution is -2.12. The van der Waals surface area contributed by atoms with Crippen LogP contribution in [0.3, 0.4) is 0 Å². The maximum absolute atomic E-state index is 13.9. The minimum atomic E-state index is -3.93. The highest BCUT2D eigenvalue weighted by Crippen LogP contribution is 2.45. The first-order valence-corrected chi connectivity index (χ1v) is 12.2. The molecule has 0 bridgehead atoms. The number of ketones is 1. The largest absolute Gasteiger partial charge is 0.458 e. The number of benzene rings is 3. The van der Waals surface area contributed by atoms with E-state index in [1.807, 2.05) is 61.5 Å². The molecule has 6 heteroatoms. The Morgan fingerprint density at radius 2 is 1.52 bits per heavy atom. The first-order valence-electron chi connectivity index (χ1n) is 10.8. The number of nitrogens with zero attached hydrogens (tertiary/aromatic N) is 1. The van der Waals surface area contributed by atoms with Crippen molar-refractivity contribution in [2.24, 2.45) is 0 Å². The highest BCUT2D eigenvalue weighted by Gasteiger charge is 2.31. The van der Waals surface area contributed by atoms with Gasteiger partial charge in [-0.3, -0.25) is 0 Å². The lowest BCUT2D eigenvalue weighted by atomic mass is 9.99. The second-order valence-electron chi connectivity index (χ2n) is 8.29. The fourth-order valence-electron chi connectivity index (χ4n) is 4.48. The molecule has 1 unspecified atom stereocenters. The van der Waals surface area contributed by atoms with E-state index in [-0.39, 0.29) is 16.6 Å². The zero-order chi connectivity index (χ0) is 23.2. The third-order valence-electron chi connectivity index (χ3n) is 5.86. The van der Waals surface area contributed by atoms with E-state index in [1.54, 1.807) is 37.3 Å². The summed E-state index contributed by atoms with van der Waals surface area (Å²) >= 11 is 0. The third kappa shape index (κ3) is 3.47. The van der Waals surface area contributed by atoms with E-state index in [0.29, 0.717) is 29.0 Å². The van der Waals surface area contributed by atoms with Gasteiger partial charge in [0.2, 0.25) is 0 Å². The normalized spacial score (nSPS) is 12.9. The van der Waals surface area contributed by atoms with Crippen LogP contribution in [0.4, 0.5) is 0 Å². The van der Waals surface area contributed by atoms with Gasteiger partial charge in [0.1, 0.15) is 17.1 Å². The van der Waals surface area contributed by atoms with Crippen molar-refractivity contribution in [3.63, 3.8) is 0 Å². The van der Waals surface area contributed by atoms with Gasteiger partial charge in [-0.1, -0.05) is 73.7 Å². The highest BCUT2D eigenvalue weighted by atomic mass is 32.2. The molecule has 0 N–H and O–H groups in total. The summed E-state index contributed by atoms with van der Waals surface area (Å²) in [4.78, 5) is 12.1. The van der Waals surface area contributed by atoms with E-state index in [1.165, 1.54) is 3.97 Å². The van der Waals surface area contributed by atoms with Crippen LogP contribution in [0.15, 0.2) is 94.2 Å². The van der Waals surface area contributed by atoms with Crippen LogP contribution in [-0.4, -0.2) is 18.2 Å². The number of fused-ring (bicyclic) bond motifs is 3. The van der Waals surface area contributed by atoms with Crippen molar-refractivity contribution in [2.75, 3.05) is 0 Å². The number of furan rings is 1. The van der Waals surface area contributed by atoms with Gasteiger partial charge in [-0.25, -0.2) is 12.4 Å². The van der Waals surface area contributed by atoms with Crippen LogP contribution in [0, 0.1) is 0 Å². The second-order valence-corrected chi connectivity index (χ2v) is 10.1. The van der Waals surface area contributed by atoms with E-state index in [0.717, 1.165) is 16.3 Å². The molecule has 0 radical (unpaired) electrons. The van der Waals surface area contributed by atoms with Gasteiger partial charge in [0.15, 0.2) is 5.76 Å². The van der Waals surface area contributed by atoms with Crippen molar-refractivity contribution in [2.45, 2.75) is 31.1 Å². The Hall–Kier alpha value is -3.64. The molecule has 0 spiro atoms. The monoisotopic (exact) mass is 457 g/mol. The van der Waals surface area contributed by atoms with Crippen molar-refractivity contribution in [1.82, 2.24) is 3.97 Å². The first-order chi connectivity index (χ1) is 15.9. The van der Waals surface area contributed by atoms with Crippen molar-refractivity contribution in [3.05, 3.63) is 90.7 Å². The molecule has 0 saturated carbocycles. The maximum atomic E-state index is 13.9. The minimum absolute atomic E-state index is 0.0500. The molecule has 0 aliphatic carbocycles. The van der Waals surface area contributed by atoms with Gasteiger partial charge >= 0.3 is 0 Å². The number of carbonyl (C=O) groups excluding carboxylic acids is 1.